The van der Waals surface area contributed by atoms with Crippen molar-refractivity contribution in [3.8, 4) is 0 Å². The Labute approximate surface area is 216 Å². The number of benzene rings is 1. The normalized spacial score (nSPS) is 13.8. The second-order valence-corrected chi connectivity index (χ2v) is 8.37. The van der Waals surface area contributed by atoms with Gasteiger partial charge >= 0.3 is 11.9 Å². The second kappa shape index (κ2) is 14.1. The molecule has 0 fully saturated rings. The maximum atomic E-state index is 13.1. The number of amides is 4. The van der Waals surface area contributed by atoms with Crippen molar-refractivity contribution in [1.29, 1.82) is 0 Å². The zero-order chi connectivity index (χ0) is 28.2. The van der Waals surface area contributed by atoms with Crippen LogP contribution in [0.1, 0.15) is 24.1 Å². The van der Waals surface area contributed by atoms with E-state index in [9.17, 15) is 39.0 Å². The van der Waals surface area contributed by atoms with Gasteiger partial charge in [0.15, 0.2) is 0 Å². The number of aromatic nitrogens is 2. The maximum absolute atomic E-state index is 13.1. The van der Waals surface area contributed by atoms with E-state index in [2.05, 4.69) is 25.9 Å². The van der Waals surface area contributed by atoms with Crippen LogP contribution in [-0.2, 0) is 41.6 Å². The predicted octanol–water partition coefficient (Wildman–Crippen LogP) is -2.59. The van der Waals surface area contributed by atoms with Crippen LogP contribution in [0.15, 0.2) is 42.9 Å². The van der Waals surface area contributed by atoms with Crippen LogP contribution in [0.5, 0.6) is 0 Å². The van der Waals surface area contributed by atoms with Gasteiger partial charge in [0.2, 0.25) is 23.6 Å². The minimum Gasteiger partial charge on any atom is -0.481 e. The molecule has 4 unspecified atom stereocenters. The highest BCUT2D eigenvalue weighted by Gasteiger charge is 2.32. The molecule has 38 heavy (non-hydrogen) atoms. The first-order chi connectivity index (χ1) is 18.0. The minimum atomic E-state index is -1.67. The lowest BCUT2D eigenvalue weighted by molar-refractivity contribution is -0.143. The van der Waals surface area contributed by atoms with Gasteiger partial charge < -0.3 is 42.6 Å². The largest absolute Gasteiger partial charge is 0.481 e. The molecular weight excluding hydrogens is 502 g/mol. The number of carbonyl (C=O) groups excluding carboxylic acids is 4. The SMILES string of the molecule is NC(=O)CC(N)C(=O)NC(CC(=O)O)C(=O)NC(Cc1cnc[nH]1)C(=O)NC(Cc1ccccc1)C(=O)O. The Morgan fingerprint density at radius 2 is 1.45 bits per heavy atom. The summed E-state index contributed by atoms with van der Waals surface area (Å²) in [6.45, 7) is 0. The number of aromatic amines is 1. The third-order valence-electron chi connectivity index (χ3n) is 5.28. The Morgan fingerprint density at radius 1 is 0.842 bits per heavy atom. The number of carboxylic acid groups (broad SMARTS) is 2. The highest BCUT2D eigenvalue weighted by molar-refractivity contribution is 5.96. The molecule has 1 aromatic heterocycles. The summed E-state index contributed by atoms with van der Waals surface area (Å²) in [4.78, 5) is 79.1. The molecule has 0 bridgehead atoms. The molecule has 0 radical (unpaired) electrons. The fourth-order valence-electron chi connectivity index (χ4n) is 3.39. The second-order valence-electron chi connectivity index (χ2n) is 8.37. The summed E-state index contributed by atoms with van der Waals surface area (Å²) in [5, 5.41) is 25.7. The Hall–Kier alpha value is -4.79. The van der Waals surface area contributed by atoms with Crippen molar-refractivity contribution in [2.24, 2.45) is 11.5 Å². The molecule has 1 aromatic carbocycles. The smallest absolute Gasteiger partial charge is 0.326 e. The van der Waals surface area contributed by atoms with E-state index in [0.717, 1.165) is 0 Å². The van der Waals surface area contributed by atoms with Crippen LogP contribution < -0.4 is 27.4 Å². The zero-order valence-electron chi connectivity index (χ0n) is 20.1. The quantitative estimate of drug-likeness (QED) is 0.119. The highest BCUT2D eigenvalue weighted by Crippen LogP contribution is 2.06. The first-order valence-electron chi connectivity index (χ1n) is 11.4. The van der Waals surface area contributed by atoms with E-state index < -0.39 is 72.6 Å². The molecule has 2 rings (SSSR count). The maximum Gasteiger partial charge on any atom is 0.326 e. The molecule has 0 saturated carbocycles. The van der Waals surface area contributed by atoms with Gasteiger partial charge in [-0.3, -0.25) is 24.0 Å². The summed E-state index contributed by atoms with van der Waals surface area (Å²) >= 11 is 0. The Morgan fingerprint density at radius 3 is 2.00 bits per heavy atom. The third kappa shape index (κ3) is 9.69. The zero-order valence-corrected chi connectivity index (χ0v) is 20.1. The molecule has 0 aliphatic carbocycles. The average molecular weight is 532 g/mol. The summed E-state index contributed by atoms with van der Waals surface area (Å²) in [7, 11) is 0. The van der Waals surface area contributed by atoms with Crippen LogP contribution in [0.2, 0.25) is 0 Å². The summed E-state index contributed by atoms with van der Waals surface area (Å²) in [6.07, 6.45) is 1.09. The highest BCUT2D eigenvalue weighted by atomic mass is 16.4. The van der Waals surface area contributed by atoms with Crippen molar-refractivity contribution in [2.75, 3.05) is 0 Å². The third-order valence-corrected chi connectivity index (χ3v) is 5.28. The van der Waals surface area contributed by atoms with E-state index in [0.29, 0.717) is 11.3 Å². The van der Waals surface area contributed by atoms with Crippen LogP contribution in [0, 0.1) is 0 Å². The monoisotopic (exact) mass is 531 g/mol. The fraction of sp³-hybridized carbons (Fsp3) is 0.348. The van der Waals surface area contributed by atoms with Gasteiger partial charge in [-0.1, -0.05) is 30.3 Å². The van der Waals surface area contributed by atoms with Gasteiger partial charge in [0.05, 0.1) is 25.2 Å². The Bertz CT molecular complexity index is 1140. The number of hydrogen-bond donors (Lipinski definition) is 8. The van der Waals surface area contributed by atoms with Crippen molar-refractivity contribution in [3.05, 3.63) is 54.1 Å². The number of hydrogen-bond acceptors (Lipinski definition) is 8. The van der Waals surface area contributed by atoms with Crippen molar-refractivity contribution in [1.82, 2.24) is 25.9 Å². The van der Waals surface area contributed by atoms with E-state index in [4.69, 9.17) is 11.5 Å². The summed E-state index contributed by atoms with van der Waals surface area (Å²) < 4.78 is 0. The molecule has 0 saturated heterocycles. The number of nitrogens with one attached hydrogen (secondary N) is 4. The number of nitrogens with two attached hydrogens (primary N) is 2. The van der Waals surface area contributed by atoms with Gasteiger partial charge in [-0.15, -0.1) is 0 Å². The predicted molar refractivity (Wildman–Crippen MR) is 130 cm³/mol. The molecular formula is C23H29N7O8. The average Bonchev–Trinajstić information content (AvgIpc) is 3.35. The Balaban J connectivity index is 2.21. The van der Waals surface area contributed by atoms with Gasteiger partial charge in [0, 0.05) is 24.7 Å². The number of imidazole rings is 1. The number of primary amides is 1. The first-order valence-corrected chi connectivity index (χ1v) is 11.4. The molecule has 4 amide bonds. The van der Waals surface area contributed by atoms with E-state index in [1.807, 2.05) is 0 Å². The van der Waals surface area contributed by atoms with Crippen LogP contribution in [0.3, 0.4) is 0 Å². The van der Waals surface area contributed by atoms with Crippen molar-refractivity contribution in [2.45, 2.75) is 49.9 Å². The molecule has 15 heteroatoms. The van der Waals surface area contributed by atoms with E-state index in [1.54, 1.807) is 30.3 Å². The molecule has 204 valence electrons. The van der Waals surface area contributed by atoms with Gasteiger partial charge in [-0.05, 0) is 5.56 Å². The lowest BCUT2D eigenvalue weighted by Gasteiger charge is -2.24. The van der Waals surface area contributed by atoms with Gasteiger partial charge in [-0.25, -0.2) is 9.78 Å². The number of carbonyl (C=O) groups is 6. The lowest BCUT2D eigenvalue weighted by Crippen LogP contribution is -2.58. The van der Waals surface area contributed by atoms with Crippen LogP contribution in [-0.4, -0.2) is 79.9 Å². The fourth-order valence-corrected chi connectivity index (χ4v) is 3.39. The molecule has 1 heterocycles. The molecule has 2 aromatic rings. The van der Waals surface area contributed by atoms with Crippen LogP contribution in [0.4, 0.5) is 0 Å². The molecule has 0 aliphatic heterocycles. The van der Waals surface area contributed by atoms with Crippen molar-refractivity contribution in [3.63, 3.8) is 0 Å². The number of nitrogens with zero attached hydrogens (tertiary/aromatic N) is 1. The van der Waals surface area contributed by atoms with Gasteiger partial charge in [0.1, 0.15) is 18.1 Å². The van der Waals surface area contributed by atoms with Gasteiger partial charge in [-0.2, -0.15) is 0 Å². The van der Waals surface area contributed by atoms with E-state index >= 15 is 0 Å². The van der Waals surface area contributed by atoms with Crippen LogP contribution in [0.25, 0.3) is 0 Å². The molecule has 0 aliphatic rings. The Kier molecular flexibility index (Phi) is 10.9. The van der Waals surface area contributed by atoms with Gasteiger partial charge in [0.25, 0.3) is 0 Å². The number of H-pyrrole nitrogens is 1. The minimum absolute atomic E-state index is 0.0396. The molecule has 10 N–H and O–H groups in total. The van der Waals surface area contributed by atoms with Crippen LogP contribution >= 0.6 is 0 Å². The molecule has 15 nitrogen and oxygen atoms in total. The van der Waals surface area contributed by atoms with E-state index in [-0.39, 0.29) is 12.8 Å². The lowest BCUT2D eigenvalue weighted by atomic mass is 10.0. The summed E-state index contributed by atoms with van der Waals surface area (Å²) in [5.74, 6) is -6.57. The number of carboxylic acids is 2. The summed E-state index contributed by atoms with van der Waals surface area (Å²) in [6, 6.07) is 2.72. The van der Waals surface area contributed by atoms with E-state index in [1.165, 1.54) is 12.5 Å². The first kappa shape index (κ1) is 29.4. The summed E-state index contributed by atoms with van der Waals surface area (Å²) in [5.41, 5.74) is 11.6. The molecule has 0 spiro atoms. The topological polar surface area (TPSA) is 260 Å². The number of aliphatic carboxylic acids is 2. The molecule has 4 atom stereocenters. The standard InChI is InChI=1S/C23H29N7O8/c24-14(8-18(25)31)20(34)28-16(9-19(32)33)22(36)29-15(7-13-10-26-11-27-13)21(35)30-17(23(37)38)6-12-4-2-1-3-5-12/h1-5,10-11,14-17H,6-9,24H2,(H2,25,31)(H,26,27)(H,28,34)(H,29,36)(H,30,35)(H,32,33)(H,37,38). The van der Waals surface area contributed by atoms with Crippen molar-refractivity contribution >= 4 is 35.6 Å². The number of rotatable bonds is 15. The van der Waals surface area contributed by atoms with Crippen molar-refractivity contribution < 1.29 is 39.0 Å².